The van der Waals surface area contributed by atoms with E-state index in [1.165, 1.54) is 6.33 Å². The molecule has 0 bridgehead atoms. The third kappa shape index (κ3) is 7.64. The minimum atomic E-state index is -0.496. The summed E-state index contributed by atoms with van der Waals surface area (Å²) in [5, 5.41) is 0.760. The molecule has 0 aliphatic carbocycles. The van der Waals surface area contributed by atoms with E-state index in [-0.39, 0.29) is 19.3 Å². The second-order valence-electron chi connectivity index (χ2n) is 6.74. The molecule has 0 aliphatic heterocycles. The normalized spacial score (nSPS) is 12.2. The van der Waals surface area contributed by atoms with Gasteiger partial charge in [-0.25, -0.2) is 19.8 Å². The lowest BCUT2D eigenvalue weighted by atomic mass is 10.1. The maximum atomic E-state index is 12.0. The zero-order valence-corrected chi connectivity index (χ0v) is 19.1. The lowest BCUT2D eigenvalue weighted by Crippen LogP contribution is -2.18. The molecule has 10 heteroatoms. The number of hydrogen-bond acceptors (Lipinski definition) is 8. The van der Waals surface area contributed by atoms with E-state index in [1.54, 1.807) is 12.1 Å². The second kappa shape index (κ2) is 13.2. The fourth-order valence-corrected chi connectivity index (χ4v) is 3.33. The quantitative estimate of drug-likeness (QED) is 0.191. The molecule has 32 heavy (non-hydrogen) atoms. The van der Waals surface area contributed by atoms with Gasteiger partial charge in [-0.3, -0.25) is 4.84 Å². The lowest BCUT2D eigenvalue weighted by Gasteiger charge is -2.19. The number of rotatable bonds is 14. The van der Waals surface area contributed by atoms with E-state index < -0.39 is 6.67 Å². The smallest absolute Gasteiger partial charge is 0.161 e. The third-order valence-electron chi connectivity index (χ3n) is 4.42. The van der Waals surface area contributed by atoms with Crippen LogP contribution in [0.2, 0.25) is 0 Å². The minimum Gasteiger partial charge on any atom is -0.399 e. The van der Waals surface area contributed by atoms with Crippen molar-refractivity contribution in [2.75, 3.05) is 57.5 Å². The maximum absolute atomic E-state index is 12.0. The molecule has 3 aromatic rings. The largest absolute Gasteiger partial charge is 0.399 e. The van der Waals surface area contributed by atoms with Crippen LogP contribution in [0.3, 0.4) is 0 Å². The highest BCUT2D eigenvalue weighted by molar-refractivity contribution is 9.10. The predicted octanol–water partition coefficient (Wildman–Crippen LogP) is 4.08. The first-order valence-electron chi connectivity index (χ1n) is 10.1. The van der Waals surface area contributed by atoms with Crippen molar-refractivity contribution in [2.24, 2.45) is 0 Å². The topological polar surface area (TPSA) is 101 Å². The Balaban J connectivity index is 1.54. The van der Waals surface area contributed by atoms with Gasteiger partial charge >= 0.3 is 0 Å². The molecule has 3 rings (SSSR count). The van der Waals surface area contributed by atoms with Crippen LogP contribution >= 0.6 is 15.9 Å². The summed E-state index contributed by atoms with van der Waals surface area (Å²) in [5.74, 6) is 0.520. The summed E-state index contributed by atoms with van der Waals surface area (Å²) in [6.07, 6.45) is 1.12. The Labute approximate surface area is 194 Å². The van der Waals surface area contributed by atoms with E-state index >= 15 is 0 Å². The molecule has 3 N–H and O–H groups in total. The zero-order chi connectivity index (χ0) is 22.6. The van der Waals surface area contributed by atoms with Gasteiger partial charge < -0.3 is 19.9 Å². The van der Waals surface area contributed by atoms with Gasteiger partial charge in [-0.1, -0.05) is 28.1 Å². The van der Waals surface area contributed by atoms with E-state index in [9.17, 15) is 4.39 Å². The molecule has 0 amide bonds. The van der Waals surface area contributed by atoms with Gasteiger partial charge in [-0.15, -0.1) is 0 Å². The van der Waals surface area contributed by atoms with Crippen LogP contribution in [0, 0.1) is 0 Å². The van der Waals surface area contributed by atoms with Gasteiger partial charge in [0.1, 0.15) is 25.7 Å². The predicted molar refractivity (Wildman–Crippen MR) is 124 cm³/mol. The van der Waals surface area contributed by atoms with E-state index in [1.807, 2.05) is 30.3 Å². The Morgan fingerprint density at radius 2 is 1.81 bits per heavy atom. The lowest BCUT2D eigenvalue weighted by molar-refractivity contribution is -0.0380. The van der Waals surface area contributed by atoms with Gasteiger partial charge in [-0.05, 0) is 35.9 Å². The molecule has 8 nitrogen and oxygen atoms in total. The highest BCUT2D eigenvalue weighted by atomic mass is 79.9. The Kier molecular flexibility index (Phi) is 10.0. The number of nitrogens with zero attached hydrogens (tertiary/aromatic N) is 2. The number of halogens is 2. The van der Waals surface area contributed by atoms with Crippen LogP contribution in [-0.4, -0.2) is 56.3 Å². The molecule has 0 aliphatic rings. The average molecular weight is 509 g/mol. The summed E-state index contributed by atoms with van der Waals surface area (Å²) in [6.45, 7) is 1.29. The fourth-order valence-electron chi connectivity index (χ4n) is 2.91. The van der Waals surface area contributed by atoms with Crippen molar-refractivity contribution < 1.29 is 23.4 Å². The van der Waals surface area contributed by atoms with Crippen molar-refractivity contribution >= 4 is 38.3 Å². The van der Waals surface area contributed by atoms with Gasteiger partial charge in [0.25, 0.3) is 0 Å². The molecule has 1 atom stereocenters. The van der Waals surface area contributed by atoms with Crippen LogP contribution < -0.4 is 11.2 Å². The van der Waals surface area contributed by atoms with Gasteiger partial charge in [0.2, 0.25) is 0 Å². The van der Waals surface area contributed by atoms with E-state index in [4.69, 9.17) is 24.8 Å². The molecule has 0 radical (unpaired) electrons. The van der Waals surface area contributed by atoms with E-state index in [0.29, 0.717) is 37.9 Å². The third-order valence-corrected chi connectivity index (χ3v) is 4.92. The number of alkyl halides is 1. The number of benzene rings is 2. The second-order valence-corrected chi connectivity index (χ2v) is 7.66. The number of nitrogen functional groups attached to an aromatic ring is 1. The van der Waals surface area contributed by atoms with Gasteiger partial charge in [0, 0.05) is 15.5 Å². The van der Waals surface area contributed by atoms with E-state index in [2.05, 4.69) is 31.4 Å². The average Bonchev–Trinajstić information content (AvgIpc) is 2.79. The van der Waals surface area contributed by atoms with Crippen molar-refractivity contribution in [1.82, 2.24) is 9.97 Å². The highest BCUT2D eigenvalue weighted by Crippen LogP contribution is 2.24. The van der Waals surface area contributed by atoms with Crippen molar-refractivity contribution in [2.45, 2.75) is 6.10 Å². The molecule has 1 heterocycles. The van der Waals surface area contributed by atoms with Crippen molar-refractivity contribution in [3.8, 4) is 0 Å². The molecule has 172 valence electrons. The highest BCUT2D eigenvalue weighted by Gasteiger charge is 2.14. The van der Waals surface area contributed by atoms with Crippen molar-refractivity contribution in [1.29, 1.82) is 0 Å². The Hall–Kier alpha value is -2.37. The number of aromatic nitrogens is 2. The molecule has 0 saturated heterocycles. The standard InChI is InChI=1S/C22H26BrFN4O4/c23-17-3-1-2-16(12-17)21(31-11-10-30-9-8-29-7-6-24)14-32-28-22-19-13-18(25)4-5-20(19)26-15-27-22/h1-5,12-13,15,21H,6-11,14,25H2,(H,26,27,28). The minimum absolute atomic E-state index is 0.0867. The first kappa shape index (κ1) is 24.3. The Morgan fingerprint density at radius 3 is 2.62 bits per heavy atom. The molecule has 1 aromatic heterocycles. The van der Waals surface area contributed by atoms with Gasteiger partial charge in [-0.2, -0.15) is 0 Å². The van der Waals surface area contributed by atoms with Crippen LogP contribution in [0.1, 0.15) is 11.7 Å². The van der Waals surface area contributed by atoms with Gasteiger partial charge in [0.05, 0.1) is 38.6 Å². The number of fused-ring (bicyclic) bond motifs is 1. The SMILES string of the molecule is Nc1ccc2ncnc(NOCC(OCCOCCOCCF)c3cccc(Br)c3)c2c1. The first-order valence-corrected chi connectivity index (χ1v) is 10.9. The summed E-state index contributed by atoms with van der Waals surface area (Å²) < 4.78 is 29.4. The molecule has 2 aromatic carbocycles. The van der Waals surface area contributed by atoms with Crippen LogP contribution in [0.4, 0.5) is 15.9 Å². The first-order chi connectivity index (χ1) is 15.7. The van der Waals surface area contributed by atoms with Crippen LogP contribution in [0.25, 0.3) is 10.9 Å². The number of ether oxygens (including phenoxy) is 3. The molecule has 0 spiro atoms. The van der Waals surface area contributed by atoms with Gasteiger partial charge in [0.15, 0.2) is 5.82 Å². The van der Waals surface area contributed by atoms with E-state index in [0.717, 1.165) is 20.9 Å². The summed E-state index contributed by atoms with van der Waals surface area (Å²) in [7, 11) is 0. The molecule has 1 unspecified atom stereocenters. The summed E-state index contributed by atoms with van der Waals surface area (Å²) >= 11 is 3.49. The van der Waals surface area contributed by atoms with Crippen molar-refractivity contribution in [3.63, 3.8) is 0 Å². The molecular weight excluding hydrogens is 483 g/mol. The monoisotopic (exact) mass is 508 g/mol. The van der Waals surface area contributed by atoms with Crippen molar-refractivity contribution in [3.05, 3.63) is 58.8 Å². The maximum Gasteiger partial charge on any atom is 0.161 e. The Morgan fingerprint density at radius 1 is 1.00 bits per heavy atom. The van der Waals surface area contributed by atoms with Crippen LogP contribution in [0.15, 0.2) is 53.3 Å². The number of hydrogen-bond donors (Lipinski definition) is 2. The Bertz CT molecular complexity index is 982. The summed E-state index contributed by atoms with van der Waals surface area (Å²) in [4.78, 5) is 14.2. The zero-order valence-electron chi connectivity index (χ0n) is 17.5. The molecule has 0 fully saturated rings. The summed E-state index contributed by atoms with van der Waals surface area (Å²) in [5.41, 5.74) is 11.1. The van der Waals surface area contributed by atoms with Crippen LogP contribution in [0.5, 0.6) is 0 Å². The number of nitrogens with one attached hydrogen (secondary N) is 1. The summed E-state index contributed by atoms with van der Waals surface area (Å²) in [6, 6.07) is 13.2. The molecule has 0 saturated carbocycles. The number of anilines is 2. The fraction of sp³-hybridized carbons (Fsp3) is 0.364. The number of nitrogens with two attached hydrogens (primary N) is 1. The molecular formula is C22H26BrFN4O4. The van der Waals surface area contributed by atoms with Crippen LogP contribution in [-0.2, 0) is 19.0 Å².